The molecule has 0 saturated carbocycles. The molecule has 1 aromatic heterocycles. The van der Waals surface area contributed by atoms with Gasteiger partial charge in [-0.25, -0.2) is 4.98 Å². The van der Waals surface area contributed by atoms with E-state index in [9.17, 15) is 10.2 Å². The molecule has 2 aliphatic rings. The lowest BCUT2D eigenvalue weighted by Crippen LogP contribution is -2.37. The van der Waals surface area contributed by atoms with Gasteiger partial charge in [0.1, 0.15) is 11.6 Å². The first-order valence-electron chi connectivity index (χ1n) is 7.06. The van der Waals surface area contributed by atoms with Gasteiger partial charge in [-0.1, -0.05) is 0 Å². The largest absolute Gasteiger partial charge is 0.389 e. The number of rotatable bonds is 2. The van der Waals surface area contributed by atoms with Crippen LogP contribution in [0.1, 0.15) is 5.56 Å². The molecule has 0 amide bonds. The summed E-state index contributed by atoms with van der Waals surface area (Å²) in [6.45, 7) is 6.05. The normalized spacial score (nSPS) is 27.1. The van der Waals surface area contributed by atoms with Gasteiger partial charge >= 0.3 is 0 Å². The van der Waals surface area contributed by atoms with E-state index in [2.05, 4.69) is 16.0 Å². The third-order valence-corrected chi connectivity index (χ3v) is 3.86. The SMILES string of the molecule is Cc1cc(N2CCOCC2)nc(N2C[C@H](O)[C@@H](O)C2)c1. The number of aliphatic hydroxyl groups is 2. The molecule has 0 aliphatic carbocycles. The molecule has 3 heterocycles. The molecule has 2 aliphatic heterocycles. The van der Waals surface area contributed by atoms with Crippen molar-refractivity contribution < 1.29 is 14.9 Å². The van der Waals surface area contributed by atoms with Gasteiger partial charge in [-0.15, -0.1) is 0 Å². The van der Waals surface area contributed by atoms with E-state index in [0.29, 0.717) is 13.1 Å². The monoisotopic (exact) mass is 279 g/mol. The van der Waals surface area contributed by atoms with Crippen molar-refractivity contribution in [3.8, 4) is 0 Å². The molecule has 0 spiro atoms. The van der Waals surface area contributed by atoms with E-state index in [1.54, 1.807) is 0 Å². The molecule has 6 nitrogen and oxygen atoms in total. The van der Waals surface area contributed by atoms with Crippen LogP contribution < -0.4 is 9.80 Å². The smallest absolute Gasteiger partial charge is 0.131 e. The number of morpholine rings is 1. The Morgan fingerprint density at radius 1 is 1.05 bits per heavy atom. The number of anilines is 2. The maximum atomic E-state index is 9.67. The zero-order valence-corrected chi connectivity index (χ0v) is 11.7. The number of pyridine rings is 1. The summed E-state index contributed by atoms with van der Waals surface area (Å²) in [5.41, 5.74) is 1.13. The molecule has 6 heteroatoms. The second-order valence-electron chi connectivity index (χ2n) is 5.50. The summed E-state index contributed by atoms with van der Waals surface area (Å²) in [4.78, 5) is 8.83. The van der Waals surface area contributed by atoms with Crippen LogP contribution in [0.15, 0.2) is 12.1 Å². The van der Waals surface area contributed by atoms with E-state index in [1.165, 1.54) is 0 Å². The van der Waals surface area contributed by atoms with E-state index in [4.69, 9.17) is 4.74 Å². The molecule has 0 unspecified atom stereocenters. The number of ether oxygens (including phenoxy) is 1. The molecule has 0 aromatic carbocycles. The highest BCUT2D eigenvalue weighted by atomic mass is 16.5. The van der Waals surface area contributed by atoms with Crippen LogP contribution in [0, 0.1) is 6.92 Å². The first-order valence-corrected chi connectivity index (χ1v) is 7.06. The van der Waals surface area contributed by atoms with Crippen LogP contribution in [0.25, 0.3) is 0 Å². The molecule has 2 atom stereocenters. The second kappa shape index (κ2) is 5.55. The Hall–Kier alpha value is -1.37. The highest BCUT2D eigenvalue weighted by Gasteiger charge is 2.30. The zero-order chi connectivity index (χ0) is 14.1. The predicted molar refractivity (Wildman–Crippen MR) is 76.2 cm³/mol. The molecule has 2 saturated heterocycles. The van der Waals surface area contributed by atoms with Crippen molar-refractivity contribution in [3.63, 3.8) is 0 Å². The lowest BCUT2D eigenvalue weighted by atomic mass is 10.2. The van der Waals surface area contributed by atoms with Crippen molar-refractivity contribution in [2.75, 3.05) is 49.2 Å². The van der Waals surface area contributed by atoms with Crippen molar-refractivity contribution in [3.05, 3.63) is 17.7 Å². The molecule has 20 heavy (non-hydrogen) atoms. The van der Waals surface area contributed by atoms with Crippen LogP contribution >= 0.6 is 0 Å². The van der Waals surface area contributed by atoms with Gasteiger partial charge in [-0.3, -0.25) is 0 Å². The minimum atomic E-state index is -0.691. The molecule has 2 fully saturated rings. The van der Waals surface area contributed by atoms with Crippen LogP contribution in [-0.2, 0) is 4.74 Å². The lowest BCUT2D eigenvalue weighted by molar-refractivity contribution is 0.0572. The van der Waals surface area contributed by atoms with Crippen LogP contribution in [0.2, 0.25) is 0 Å². The Bertz CT molecular complexity index is 467. The molecular formula is C14H21N3O3. The van der Waals surface area contributed by atoms with Gasteiger partial charge in [-0.2, -0.15) is 0 Å². The summed E-state index contributed by atoms with van der Waals surface area (Å²) in [7, 11) is 0. The fourth-order valence-electron chi connectivity index (χ4n) is 2.70. The summed E-state index contributed by atoms with van der Waals surface area (Å²) in [6, 6.07) is 4.06. The Morgan fingerprint density at radius 2 is 1.60 bits per heavy atom. The maximum absolute atomic E-state index is 9.67. The third kappa shape index (κ3) is 2.72. The molecule has 110 valence electrons. The Kier molecular flexibility index (Phi) is 3.78. The molecule has 3 rings (SSSR count). The Balaban J connectivity index is 1.83. The van der Waals surface area contributed by atoms with Gasteiger partial charge < -0.3 is 24.7 Å². The highest BCUT2D eigenvalue weighted by molar-refractivity contribution is 5.52. The molecule has 1 aromatic rings. The highest BCUT2D eigenvalue weighted by Crippen LogP contribution is 2.24. The van der Waals surface area contributed by atoms with E-state index in [0.717, 1.165) is 43.5 Å². The van der Waals surface area contributed by atoms with E-state index < -0.39 is 12.2 Å². The van der Waals surface area contributed by atoms with Crippen LogP contribution in [0.5, 0.6) is 0 Å². The maximum Gasteiger partial charge on any atom is 0.131 e. The van der Waals surface area contributed by atoms with E-state index >= 15 is 0 Å². The summed E-state index contributed by atoms with van der Waals surface area (Å²) < 4.78 is 5.36. The van der Waals surface area contributed by atoms with Gasteiger partial charge in [0.2, 0.25) is 0 Å². The topological polar surface area (TPSA) is 69.1 Å². The fraction of sp³-hybridized carbons (Fsp3) is 0.643. The molecule has 0 radical (unpaired) electrons. The van der Waals surface area contributed by atoms with Gasteiger partial charge in [0.25, 0.3) is 0 Å². The molecular weight excluding hydrogens is 258 g/mol. The van der Waals surface area contributed by atoms with Gasteiger partial charge in [0.15, 0.2) is 0 Å². The average molecular weight is 279 g/mol. The van der Waals surface area contributed by atoms with Gasteiger partial charge in [0, 0.05) is 26.2 Å². The number of β-amino-alcohol motifs (C(OH)–C–C–N with tert-alkyl or cyclic N) is 2. The quantitative estimate of drug-likeness (QED) is 0.779. The first kappa shape index (κ1) is 13.6. The summed E-state index contributed by atoms with van der Waals surface area (Å²) in [5.74, 6) is 1.77. The van der Waals surface area contributed by atoms with Crippen LogP contribution in [0.4, 0.5) is 11.6 Å². The van der Waals surface area contributed by atoms with Gasteiger partial charge in [-0.05, 0) is 24.6 Å². The summed E-state index contributed by atoms with van der Waals surface area (Å²) in [5, 5.41) is 19.3. The number of aryl methyl sites for hydroxylation is 1. The third-order valence-electron chi connectivity index (χ3n) is 3.86. The number of hydrogen-bond donors (Lipinski definition) is 2. The van der Waals surface area contributed by atoms with Crippen molar-refractivity contribution in [2.24, 2.45) is 0 Å². The lowest BCUT2D eigenvalue weighted by Gasteiger charge is -2.29. The Labute approximate surface area is 118 Å². The average Bonchev–Trinajstić information content (AvgIpc) is 2.79. The van der Waals surface area contributed by atoms with Crippen molar-refractivity contribution in [1.82, 2.24) is 4.98 Å². The van der Waals surface area contributed by atoms with Crippen LogP contribution in [0.3, 0.4) is 0 Å². The number of nitrogens with zero attached hydrogens (tertiary/aromatic N) is 3. The van der Waals surface area contributed by atoms with Crippen molar-refractivity contribution >= 4 is 11.6 Å². The zero-order valence-electron chi connectivity index (χ0n) is 11.7. The molecule has 2 N–H and O–H groups in total. The minimum Gasteiger partial charge on any atom is -0.389 e. The van der Waals surface area contributed by atoms with Crippen molar-refractivity contribution in [2.45, 2.75) is 19.1 Å². The Morgan fingerprint density at radius 3 is 2.20 bits per heavy atom. The van der Waals surface area contributed by atoms with E-state index in [-0.39, 0.29) is 0 Å². The second-order valence-corrected chi connectivity index (χ2v) is 5.50. The standard InChI is InChI=1S/C14H21N3O3/c1-10-6-13(16-2-4-20-5-3-16)15-14(7-10)17-8-11(18)12(19)9-17/h6-7,11-12,18-19H,2-5,8-9H2,1H3/t11-,12-/m0/s1. The first-order chi connectivity index (χ1) is 9.63. The number of hydrogen-bond acceptors (Lipinski definition) is 6. The van der Waals surface area contributed by atoms with Crippen LogP contribution in [-0.4, -0.2) is 66.8 Å². The predicted octanol–water partition coefficient (Wildman–Crippen LogP) is -0.232. The van der Waals surface area contributed by atoms with Gasteiger partial charge in [0.05, 0.1) is 25.4 Å². The minimum absolute atomic E-state index is 0.431. The molecule has 0 bridgehead atoms. The van der Waals surface area contributed by atoms with Crippen molar-refractivity contribution in [1.29, 1.82) is 0 Å². The number of aliphatic hydroxyl groups excluding tert-OH is 2. The summed E-state index contributed by atoms with van der Waals surface area (Å²) >= 11 is 0. The van der Waals surface area contributed by atoms with E-state index in [1.807, 2.05) is 17.9 Å². The summed E-state index contributed by atoms with van der Waals surface area (Å²) in [6.07, 6.45) is -1.38. The fourth-order valence-corrected chi connectivity index (χ4v) is 2.70. The number of aromatic nitrogens is 1.